The molecule has 13 heteroatoms. The maximum atomic E-state index is 12.1. The van der Waals surface area contributed by atoms with E-state index in [1.165, 1.54) is 0 Å². The minimum Gasteiger partial charge on any atom is -0.384 e. The lowest BCUT2D eigenvalue weighted by Gasteiger charge is -2.11. The van der Waals surface area contributed by atoms with Crippen LogP contribution in [-0.2, 0) is 12.8 Å². The number of pyridine rings is 4. The molecule has 2 aromatic carbocycles. The number of halogens is 1. The first kappa shape index (κ1) is 35.0. The van der Waals surface area contributed by atoms with E-state index in [1.54, 1.807) is 24.5 Å². The van der Waals surface area contributed by atoms with Crippen LogP contribution < -0.4 is 21.7 Å². The molecular formula is C42H35ClN10O2. The van der Waals surface area contributed by atoms with Crippen molar-refractivity contribution in [2.24, 2.45) is 0 Å². The van der Waals surface area contributed by atoms with Gasteiger partial charge in [-0.15, -0.1) is 0 Å². The van der Waals surface area contributed by atoms with Crippen LogP contribution in [0.5, 0.6) is 0 Å². The number of nitrogens with zero attached hydrogens (tertiary/aromatic N) is 4. The molecule has 10 rings (SSSR count). The summed E-state index contributed by atoms with van der Waals surface area (Å²) in [6.45, 7) is 1.34. The second kappa shape index (κ2) is 15.5. The van der Waals surface area contributed by atoms with E-state index in [-0.39, 0.29) is 11.8 Å². The van der Waals surface area contributed by atoms with Crippen LogP contribution in [0.4, 0.5) is 17.5 Å². The molecule has 0 aliphatic carbocycles. The molecule has 2 amide bonds. The second-order valence-corrected chi connectivity index (χ2v) is 13.2. The zero-order valence-corrected chi connectivity index (χ0v) is 30.2. The molecule has 272 valence electrons. The predicted molar refractivity (Wildman–Crippen MR) is 216 cm³/mol. The molecule has 0 fully saturated rings. The molecule has 0 unspecified atom stereocenters. The fourth-order valence-corrected chi connectivity index (χ4v) is 6.74. The predicted octanol–water partition coefficient (Wildman–Crippen LogP) is 7.49. The van der Waals surface area contributed by atoms with E-state index in [0.29, 0.717) is 24.1 Å². The minimum absolute atomic E-state index is 0.0232. The average molecular weight is 747 g/mol. The Morgan fingerprint density at radius 3 is 1.69 bits per heavy atom. The van der Waals surface area contributed by atoms with Crippen LogP contribution >= 0.6 is 11.6 Å². The summed E-state index contributed by atoms with van der Waals surface area (Å²) in [6, 6.07) is 34.7. The molecule has 55 heavy (non-hydrogen) atoms. The van der Waals surface area contributed by atoms with Gasteiger partial charge < -0.3 is 31.7 Å². The number of anilines is 3. The highest BCUT2D eigenvalue weighted by Gasteiger charge is 2.22. The summed E-state index contributed by atoms with van der Waals surface area (Å²) in [5.74, 6) is 1.99. The summed E-state index contributed by atoms with van der Waals surface area (Å²) in [7, 11) is 0. The number of nitrogens with one attached hydrogen (secondary N) is 5. The molecule has 2 aliphatic heterocycles. The molecule has 0 radical (unpaired) electrons. The molecule has 7 N–H and O–H groups in total. The van der Waals surface area contributed by atoms with Crippen molar-refractivity contribution in [3.05, 3.63) is 149 Å². The van der Waals surface area contributed by atoms with Crippen LogP contribution in [0.2, 0.25) is 5.15 Å². The number of hydrogen-bond donors (Lipinski definition) is 6. The third-order valence-corrected chi connectivity index (χ3v) is 9.42. The zero-order valence-electron chi connectivity index (χ0n) is 29.4. The van der Waals surface area contributed by atoms with Crippen molar-refractivity contribution in [1.82, 2.24) is 40.5 Å². The van der Waals surface area contributed by atoms with Gasteiger partial charge in [0.1, 0.15) is 22.6 Å². The van der Waals surface area contributed by atoms with E-state index in [4.69, 9.17) is 22.3 Å². The van der Waals surface area contributed by atoms with E-state index in [9.17, 15) is 9.59 Å². The van der Waals surface area contributed by atoms with E-state index < -0.39 is 0 Å². The highest BCUT2D eigenvalue weighted by molar-refractivity contribution is 6.29. The highest BCUT2D eigenvalue weighted by Crippen LogP contribution is 2.32. The molecule has 0 saturated heterocycles. The molecule has 0 bridgehead atoms. The van der Waals surface area contributed by atoms with Crippen molar-refractivity contribution in [2.75, 3.05) is 24.1 Å². The Bertz CT molecular complexity index is 2660. The summed E-state index contributed by atoms with van der Waals surface area (Å²) in [6.07, 6.45) is 5.03. The van der Waals surface area contributed by atoms with Crippen LogP contribution in [0.1, 0.15) is 32.1 Å². The van der Waals surface area contributed by atoms with Crippen LogP contribution in [0.25, 0.3) is 44.3 Å². The normalized spacial score (nSPS) is 13.0. The Morgan fingerprint density at radius 1 is 0.582 bits per heavy atom. The molecule has 2 aliphatic rings. The first-order valence-corrected chi connectivity index (χ1v) is 18.1. The number of benzene rings is 2. The number of hydrogen-bond acceptors (Lipinski definition) is 8. The molecule has 12 nitrogen and oxygen atoms in total. The number of fused-ring (bicyclic) bond motifs is 4. The molecule has 6 aromatic heterocycles. The van der Waals surface area contributed by atoms with Crippen molar-refractivity contribution < 1.29 is 9.59 Å². The van der Waals surface area contributed by atoms with Crippen LogP contribution in [-0.4, -0.2) is 54.8 Å². The number of nitrogen functional groups attached to an aromatic ring is 1. The fraction of sp³-hybridized carbons (Fsp3) is 0.0952. The van der Waals surface area contributed by atoms with Gasteiger partial charge in [0.05, 0.1) is 22.2 Å². The first-order chi connectivity index (χ1) is 26.9. The van der Waals surface area contributed by atoms with Crippen LogP contribution in [0.3, 0.4) is 0 Å². The van der Waals surface area contributed by atoms with Gasteiger partial charge in [-0.25, -0.2) is 19.9 Å². The number of nitrogens with two attached hydrogens (primary N) is 1. The van der Waals surface area contributed by atoms with Gasteiger partial charge in [-0.2, -0.15) is 0 Å². The molecule has 0 spiro atoms. The summed E-state index contributed by atoms with van der Waals surface area (Å²) in [5, 5.41) is 11.5. The summed E-state index contributed by atoms with van der Waals surface area (Å²) < 4.78 is 0. The fourth-order valence-electron chi connectivity index (χ4n) is 6.60. The maximum absolute atomic E-state index is 12.1. The Balaban J connectivity index is 0.000000135. The van der Waals surface area contributed by atoms with Gasteiger partial charge in [0.15, 0.2) is 0 Å². The van der Waals surface area contributed by atoms with Crippen LogP contribution in [0.15, 0.2) is 122 Å². The van der Waals surface area contributed by atoms with Crippen molar-refractivity contribution in [3.8, 4) is 22.5 Å². The quantitative estimate of drug-likeness (QED) is 0.100. The van der Waals surface area contributed by atoms with E-state index in [1.807, 2.05) is 97.1 Å². The first-order valence-electron chi connectivity index (χ1n) is 17.7. The highest BCUT2D eigenvalue weighted by atomic mass is 35.5. The van der Waals surface area contributed by atoms with Crippen molar-refractivity contribution >= 4 is 62.7 Å². The minimum atomic E-state index is -0.0237. The standard InChI is InChI=1S/C21H17N5O.C16H12ClN3O.C5H6N2/c27-21-15-12-17(24-16(15)9-11-23-21)14-5-3-4-13-7-8-19(26-20(13)14)25-18-6-1-2-10-22-18;17-14-5-4-9-2-1-3-10(15(9)20-14)13-8-11-12(19-13)6-7-18-16(11)21;6-5-3-1-2-4-7-5/h1-8,10,12,24H,9,11H2,(H,23,27)(H,22,25,26);1-5,8,19H,6-7H2,(H,18,21);1-4H,(H2,6,7). The molecule has 0 atom stereocenters. The maximum Gasteiger partial charge on any atom is 0.253 e. The van der Waals surface area contributed by atoms with Crippen molar-refractivity contribution in [2.45, 2.75) is 12.8 Å². The lowest BCUT2D eigenvalue weighted by atomic mass is 10.1. The van der Waals surface area contributed by atoms with Gasteiger partial charge in [0.2, 0.25) is 0 Å². The molecular weight excluding hydrogens is 712 g/mol. The van der Waals surface area contributed by atoms with Gasteiger partial charge in [-0.1, -0.05) is 60.1 Å². The molecule has 0 saturated carbocycles. The lowest BCUT2D eigenvalue weighted by molar-refractivity contribution is 0.0937. The number of aromatic amines is 2. The summed E-state index contributed by atoms with van der Waals surface area (Å²) in [4.78, 5) is 48.0. The monoisotopic (exact) mass is 746 g/mol. The topological polar surface area (TPSA) is 179 Å². The Hall–Kier alpha value is -7.05. The zero-order chi connectivity index (χ0) is 37.7. The average Bonchev–Trinajstić information content (AvgIpc) is 3.85. The Kier molecular flexibility index (Phi) is 9.87. The van der Waals surface area contributed by atoms with E-state index >= 15 is 0 Å². The molecule has 8 aromatic rings. The number of carbonyl (C=O) groups excluding carboxylic acids is 2. The SMILES string of the molecule is Nc1ccccn1.O=C1NCCc2[nH]c(-c3cccc4ccc(Cl)nc34)cc21.O=C1NCCc2[nH]c(-c3cccc4ccc(Nc5ccccn5)nc34)cc21. The number of rotatable bonds is 4. The third kappa shape index (κ3) is 7.71. The van der Waals surface area contributed by atoms with E-state index in [0.717, 1.165) is 91.3 Å². The number of aromatic nitrogens is 6. The van der Waals surface area contributed by atoms with Gasteiger partial charge in [0.25, 0.3) is 11.8 Å². The van der Waals surface area contributed by atoms with Gasteiger partial charge >= 0.3 is 0 Å². The number of amides is 2. The number of H-pyrrole nitrogens is 2. The van der Waals surface area contributed by atoms with Crippen molar-refractivity contribution in [1.29, 1.82) is 0 Å². The largest absolute Gasteiger partial charge is 0.384 e. The van der Waals surface area contributed by atoms with Crippen molar-refractivity contribution in [3.63, 3.8) is 0 Å². The van der Waals surface area contributed by atoms with E-state index in [2.05, 4.69) is 40.9 Å². The third-order valence-electron chi connectivity index (χ3n) is 9.20. The lowest BCUT2D eigenvalue weighted by Crippen LogP contribution is -2.31. The van der Waals surface area contributed by atoms with Crippen LogP contribution in [0, 0.1) is 0 Å². The molecule has 8 heterocycles. The van der Waals surface area contributed by atoms with Gasteiger partial charge in [-0.3, -0.25) is 9.59 Å². The van der Waals surface area contributed by atoms with Gasteiger partial charge in [-0.05, 0) is 60.7 Å². The summed E-state index contributed by atoms with van der Waals surface area (Å²) in [5.41, 5.74) is 14.1. The van der Waals surface area contributed by atoms with Gasteiger partial charge in [0, 0.05) is 83.0 Å². The smallest absolute Gasteiger partial charge is 0.253 e. The number of para-hydroxylation sites is 2. The Morgan fingerprint density at radius 2 is 1.16 bits per heavy atom. The Labute approximate surface area is 320 Å². The number of carbonyl (C=O) groups is 2. The second-order valence-electron chi connectivity index (χ2n) is 12.8. The summed E-state index contributed by atoms with van der Waals surface area (Å²) >= 11 is 6.02.